The molecular formula is C14H19N3O2. The molecule has 5 nitrogen and oxygen atoms in total. The Bertz CT molecular complexity index is 590. The van der Waals surface area contributed by atoms with Crippen molar-refractivity contribution >= 4 is 11.6 Å². The van der Waals surface area contributed by atoms with Crippen LogP contribution >= 0.6 is 0 Å². The molecule has 0 bridgehead atoms. The molecule has 0 unspecified atom stereocenters. The Hall–Kier alpha value is -1.88. The summed E-state index contributed by atoms with van der Waals surface area (Å²) in [6.07, 6.45) is 3.13. The van der Waals surface area contributed by atoms with Crippen LogP contribution in [0.1, 0.15) is 35.1 Å². The Morgan fingerprint density at radius 3 is 3.00 bits per heavy atom. The highest BCUT2D eigenvalue weighted by Crippen LogP contribution is 2.16. The fourth-order valence-electron chi connectivity index (χ4n) is 2.10. The first kappa shape index (κ1) is 13.5. The minimum Gasteiger partial charge on any atom is -0.396 e. The van der Waals surface area contributed by atoms with Crippen molar-refractivity contribution in [2.45, 2.75) is 26.7 Å². The number of hydrogen-bond donors (Lipinski definition) is 2. The normalized spacial score (nSPS) is 10.9. The lowest BCUT2D eigenvalue weighted by Crippen LogP contribution is -2.27. The molecule has 0 atom stereocenters. The molecule has 0 aromatic carbocycles. The smallest absolute Gasteiger partial charge is 0.270 e. The van der Waals surface area contributed by atoms with Crippen molar-refractivity contribution in [3.05, 3.63) is 35.3 Å². The van der Waals surface area contributed by atoms with Crippen molar-refractivity contribution in [3.63, 3.8) is 0 Å². The van der Waals surface area contributed by atoms with Crippen molar-refractivity contribution in [2.75, 3.05) is 13.2 Å². The van der Waals surface area contributed by atoms with E-state index in [9.17, 15) is 4.79 Å². The van der Waals surface area contributed by atoms with Crippen LogP contribution in [0.4, 0.5) is 0 Å². The van der Waals surface area contributed by atoms with E-state index >= 15 is 0 Å². The van der Waals surface area contributed by atoms with Gasteiger partial charge in [-0.2, -0.15) is 0 Å². The largest absolute Gasteiger partial charge is 0.396 e. The number of carbonyl (C=O) groups is 1. The van der Waals surface area contributed by atoms with E-state index in [1.807, 2.05) is 36.6 Å². The third kappa shape index (κ3) is 2.61. The molecule has 0 radical (unpaired) electrons. The van der Waals surface area contributed by atoms with Gasteiger partial charge in [-0.3, -0.25) is 9.20 Å². The Balaban J connectivity index is 2.40. The van der Waals surface area contributed by atoms with Gasteiger partial charge >= 0.3 is 0 Å². The zero-order valence-electron chi connectivity index (χ0n) is 11.3. The van der Waals surface area contributed by atoms with Gasteiger partial charge in [0.25, 0.3) is 5.91 Å². The summed E-state index contributed by atoms with van der Waals surface area (Å²) in [5.74, 6) is -0.136. The summed E-state index contributed by atoms with van der Waals surface area (Å²) in [6.45, 7) is 4.52. The third-order valence-electron chi connectivity index (χ3n) is 3.09. The molecule has 0 spiro atoms. The minimum atomic E-state index is -0.136. The van der Waals surface area contributed by atoms with Crippen LogP contribution in [0.25, 0.3) is 5.65 Å². The van der Waals surface area contributed by atoms with Crippen molar-refractivity contribution in [1.29, 1.82) is 0 Å². The van der Waals surface area contributed by atoms with Gasteiger partial charge in [0.15, 0.2) is 0 Å². The van der Waals surface area contributed by atoms with Gasteiger partial charge in [0.1, 0.15) is 11.3 Å². The molecule has 2 heterocycles. The number of fused-ring (bicyclic) bond motifs is 1. The van der Waals surface area contributed by atoms with Crippen molar-refractivity contribution in [2.24, 2.45) is 0 Å². The fourth-order valence-corrected chi connectivity index (χ4v) is 2.10. The number of aliphatic hydroxyl groups is 1. The second-order valence-corrected chi connectivity index (χ2v) is 4.48. The molecule has 0 fully saturated rings. The molecule has 2 N–H and O–H groups in total. The molecule has 102 valence electrons. The SMILES string of the molecule is CCc1nc2c(C)cccn2c1C(=O)NCCCO. The Morgan fingerprint density at radius 2 is 2.32 bits per heavy atom. The maximum Gasteiger partial charge on any atom is 0.270 e. The predicted molar refractivity (Wildman–Crippen MR) is 73.3 cm³/mol. The molecular weight excluding hydrogens is 242 g/mol. The first-order valence-electron chi connectivity index (χ1n) is 6.54. The van der Waals surface area contributed by atoms with Gasteiger partial charge in [0, 0.05) is 19.3 Å². The summed E-state index contributed by atoms with van der Waals surface area (Å²) in [6, 6.07) is 3.89. The molecule has 0 aliphatic heterocycles. The summed E-state index contributed by atoms with van der Waals surface area (Å²) in [5, 5.41) is 11.6. The van der Waals surface area contributed by atoms with Gasteiger partial charge in [-0.05, 0) is 31.4 Å². The molecule has 19 heavy (non-hydrogen) atoms. The fraction of sp³-hybridized carbons (Fsp3) is 0.429. The maximum atomic E-state index is 12.2. The van der Waals surface area contributed by atoms with Crippen LogP contribution in [0.2, 0.25) is 0 Å². The van der Waals surface area contributed by atoms with Gasteiger partial charge in [0.05, 0.1) is 5.69 Å². The van der Waals surface area contributed by atoms with E-state index in [0.29, 0.717) is 25.1 Å². The Kier molecular flexibility index (Phi) is 4.16. The number of hydrogen-bond acceptors (Lipinski definition) is 3. The number of aryl methyl sites for hydroxylation is 2. The summed E-state index contributed by atoms with van der Waals surface area (Å²) < 4.78 is 1.84. The number of amides is 1. The molecule has 2 rings (SSSR count). The predicted octanol–water partition coefficient (Wildman–Crippen LogP) is 1.32. The van der Waals surface area contributed by atoms with E-state index < -0.39 is 0 Å². The number of pyridine rings is 1. The minimum absolute atomic E-state index is 0.0766. The third-order valence-corrected chi connectivity index (χ3v) is 3.09. The Labute approximate surface area is 112 Å². The molecule has 0 aliphatic rings. The van der Waals surface area contributed by atoms with Crippen molar-refractivity contribution < 1.29 is 9.90 Å². The zero-order valence-corrected chi connectivity index (χ0v) is 11.3. The molecule has 1 amide bonds. The monoisotopic (exact) mass is 261 g/mol. The van der Waals surface area contributed by atoms with Crippen LogP contribution in [-0.2, 0) is 6.42 Å². The van der Waals surface area contributed by atoms with E-state index in [1.54, 1.807) is 0 Å². The van der Waals surface area contributed by atoms with E-state index in [0.717, 1.165) is 16.9 Å². The number of aromatic nitrogens is 2. The van der Waals surface area contributed by atoms with Crippen LogP contribution in [0.5, 0.6) is 0 Å². The first-order chi connectivity index (χ1) is 9.19. The molecule has 0 saturated heterocycles. The standard InChI is InChI=1S/C14H19N3O2/c1-3-11-12(14(19)15-7-5-9-18)17-8-4-6-10(2)13(17)16-11/h4,6,8,18H,3,5,7,9H2,1-2H3,(H,15,19). The van der Waals surface area contributed by atoms with Gasteiger partial charge in [-0.1, -0.05) is 13.0 Å². The molecule has 2 aromatic heterocycles. The van der Waals surface area contributed by atoms with Crippen LogP contribution in [0.3, 0.4) is 0 Å². The van der Waals surface area contributed by atoms with Gasteiger partial charge in [-0.15, -0.1) is 0 Å². The average Bonchev–Trinajstić information content (AvgIpc) is 2.79. The van der Waals surface area contributed by atoms with Crippen molar-refractivity contribution in [1.82, 2.24) is 14.7 Å². The summed E-state index contributed by atoms with van der Waals surface area (Å²) in [5.41, 5.74) is 3.27. The van der Waals surface area contributed by atoms with E-state index in [1.165, 1.54) is 0 Å². The molecule has 2 aromatic rings. The molecule has 5 heteroatoms. The lowest BCUT2D eigenvalue weighted by atomic mass is 10.2. The second kappa shape index (κ2) is 5.84. The average molecular weight is 261 g/mol. The lowest BCUT2D eigenvalue weighted by molar-refractivity contribution is 0.0944. The Morgan fingerprint density at radius 1 is 1.53 bits per heavy atom. The maximum absolute atomic E-state index is 12.2. The summed E-state index contributed by atoms with van der Waals surface area (Å²) >= 11 is 0. The number of rotatable bonds is 5. The second-order valence-electron chi connectivity index (χ2n) is 4.48. The van der Waals surface area contributed by atoms with Crippen LogP contribution in [0.15, 0.2) is 18.3 Å². The van der Waals surface area contributed by atoms with Crippen LogP contribution in [-0.4, -0.2) is 33.6 Å². The highest BCUT2D eigenvalue weighted by molar-refractivity contribution is 5.94. The highest BCUT2D eigenvalue weighted by atomic mass is 16.3. The number of nitrogens with one attached hydrogen (secondary N) is 1. The highest BCUT2D eigenvalue weighted by Gasteiger charge is 2.18. The molecule has 0 aliphatic carbocycles. The quantitative estimate of drug-likeness (QED) is 0.798. The van der Waals surface area contributed by atoms with E-state index in [-0.39, 0.29) is 12.5 Å². The summed E-state index contributed by atoms with van der Waals surface area (Å²) in [4.78, 5) is 16.8. The lowest BCUT2D eigenvalue weighted by Gasteiger charge is -2.06. The van der Waals surface area contributed by atoms with E-state index in [4.69, 9.17) is 5.11 Å². The van der Waals surface area contributed by atoms with Gasteiger partial charge in [-0.25, -0.2) is 4.98 Å². The number of nitrogens with zero attached hydrogens (tertiary/aromatic N) is 2. The number of carbonyl (C=O) groups excluding carboxylic acids is 1. The van der Waals surface area contributed by atoms with Crippen LogP contribution < -0.4 is 5.32 Å². The van der Waals surface area contributed by atoms with Crippen molar-refractivity contribution in [3.8, 4) is 0 Å². The number of aliphatic hydroxyl groups excluding tert-OH is 1. The topological polar surface area (TPSA) is 66.6 Å². The van der Waals surface area contributed by atoms with Crippen LogP contribution in [0, 0.1) is 6.92 Å². The molecule has 0 saturated carbocycles. The first-order valence-corrected chi connectivity index (χ1v) is 6.54. The van der Waals surface area contributed by atoms with Gasteiger partial charge in [0.2, 0.25) is 0 Å². The summed E-state index contributed by atoms with van der Waals surface area (Å²) in [7, 11) is 0. The van der Waals surface area contributed by atoms with E-state index in [2.05, 4.69) is 10.3 Å². The zero-order chi connectivity index (χ0) is 13.8. The number of imidazole rings is 1. The van der Waals surface area contributed by atoms with Gasteiger partial charge < -0.3 is 10.4 Å².